The lowest BCUT2D eigenvalue weighted by atomic mass is 9.94. The summed E-state index contributed by atoms with van der Waals surface area (Å²) >= 11 is 0. The van der Waals surface area contributed by atoms with E-state index in [1.807, 2.05) is 100 Å². The van der Waals surface area contributed by atoms with Crippen molar-refractivity contribution in [1.82, 2.24) is 25.8 Å². The third-order valence-electron chi connectivity index (χ3n) is 9.16. The van der Waals surface area contributed by atoms with Crippen LogP contribution in [0.2, 0.25) is 0 Å². The summed E-state index contributed by atoms with van der Waals surface area (Å²) in [5, 5.41) is 21.7. The number of pyridine rings is 1. The number of benzene rings is 3. The minimum Gasteiger partial charge on any atom is -0.490 e. The van der Waals surface area contributed by atoms with Crippen molar-refractivity contribution in [2.75, 3.05) is 13.1 Å². The van der Waals surface area contributed by atoms with Crippen molar-refractivity contribution in [2.24, 2.45) is 5.92 Å². The normalized spacial score (nSPS) is 18.3. The van der Waals surface area contributed by atoms with Crippen LogP contribution in [0.1, 0.15) is 63.5 Å². The molecule has 1 fully saturated rings. The fraction of sp³-hybridized carbons (Fsp3) is 0.415. The first-order chi connectivity index (χ1) is 24.8. The van der Waals surface area contributed by atoms with Gasteiger partial charge in [-0.1, -0.05) is 68.4 Å². The van der Waals surface area contributed by atoms with Crippen LogP contribution in [-0.2, 0) is 16.0 Å². The number of carbonyl (C=O) groups excluding carboxylic acids is 3. The van der Waals surface area contributed by atoms with Crippen LogP contribution in [0.15, 0.2) is 91.0 Å². The molecule has 1 aromatic heterocycles. The summed E-state index contributed by atoms with van der Waals surface area (Å²) in [7, 11) is 0. The molecule has 52 heavy (non-hydrogen) atoms. The maximum absolute atomic E-state index is 14.0. The molecule has 0 saturated carbocycles. The van der Waals surface area contributed by atoms with Gasteiger partial charge in [-0.3, -0.25) is 19.3 Å². The summed E-state index contributed by atoms with van der Waals surface area (Å²) in [6.07, 6.45) is -0.131. The van der Waals surface area contributed by atoms with Crippen molar-refractivity contribution in [1.29, 1.82) is 0 Å². The van der Waals surface area contributed by atoms with Gasteiger partial charge in [0.25, 0.3) is 5.91 Å². The second-order valence-corrected chi connectivity index (χ2v) is 14.9. The molecule has 5 atom stereocenters. The van der Waals surface area contributed by atoms with Crippen LogP contribution < -0.4 is 20.7 Å². The highest BCUT2D eigenvalue weighted by molar-refractivity contribution is 5.98. The highest BCUT2D eigenvalue weighted by Gasteiger charge is 2.38. The number of aromatic nitrogens is 1. The van der Waals surface area contributed by atoms with E-state index in [0.717, 1.165) is 10.9 Å². The summed E-state index contributed by atoms with van der Waals surface area (Å²) in [6, 6.07) is 24.0. The van der Waals surface area contributed by atoms with Crippen molar-refractivity contribution in [3.05, 3.63) is 108 Å². The quantitative estimate of drug-likeness (QED) is 0.153. The van der Waals surface area contributed by atoms with Gasteiger partial charge >= 0.3 is 0 Å². The Balaban J connectivity index is 1.33. The molecule has 0 bridgehead atoms. The number of hydrogen-bond acceptors (Lipinski definition) is 7. The van der Waals surface area contributed by atoms with E-state index in [4.69, 9.17) is 4.74 Å². The Hall–Kier alpha value is -4.87. The SMILES string of the molecule is CC(C)[C@H](NC(=O)c1ccc2ccccc2n1)C(=O)N[C@@H](Cc1ccccc1)[C@H](O)CN1CC[C@@H](Oc2ccc(F)cc2)CC1C(=O)NC(C)(C)C. The number of likely N-dealkylation sites (tertiary alicyclic amines) is 1. The van der Waals surface area contributed by atoms with E-state index in [9.17, 15) is 23.9 Å². The summed E-state index contributed by atoms with van der Waals surface area (Å²) < 4.78 is 19.7. The second kappa shape index (κ2) is 17.1. The van der Waals surface area contributed by atoms with Crippen molar-refractivity contribution >= 4 is 28.6 Å². The molecule has 10 nitrogen and oxygen atoms in total. The van der Waals surface area contributed by atoms with E-state index >= 15 is 0 Å². The van der Waals surface area contributed by atoms with Crippen molar-refractivity contribution < 1.29 is 28.6 Å². The van der Waals surface area contributed by atoms with Gasteiger partial charge in [-0.2, -0.15) is 0 Å². The number of nitrogens with zero attached hydrogens (tertiary/aromatic N) is 2. The molecule has 3 amide bonds. The van der Waals surface area contributed by atoms with Crippen LogP contribution in [0.3, 0.4) is 0 Å². The zero-order valence-corrected chi connectivity index (χ0v) is 30.5. The number of hydrogen-bond donors (Lipinski definition) is 4. The van der Waals surface area contributed by atoms with E-state index < -0.39 is 41.6 Å². The summed E-state index contributed by atoms with van der Waals surface area (Å²) in [6.45, 7) is 9.96. The van der Waals surface area contributed by atoms with Crippen molar-refractivity contribution in [2.45, 2.75) is 89.8 Å². The number of aliphatic hydroxyl groups excluding tert-OH is 1. The molecule has 0 aliphatic carbocycles. The predicted octanol–water partition coefficient (Wildman–Crippen LogP) is 5.04. The molecule has 0 radical (unpaired) electrons. The average molecular weight is 712 g/mol. The molecule has 11 heteroatoms. The number of nitrogens with one attached hydrogen (secondary N) is 3. The van der Waals surface area contributed by atoms with E-state index in [0.29, 0.717) is 37.1 Å². The maximum Gasteiger partial charge on any atom is 0.270 e. The van der Waals surface area contributed by atoms with Crippen molar-refractivity contribution in [3.63, 3.8) is 0 Å². The number of β-amino-alcohol motifs (C(OH)–C–C–N with tert-alkyl or cyclic N) is 1. The third-order valence-corrected chi connectivity index (χ3v) is 9.16. The summed E-state index contributed by atoms with van der Waals surface area (Å²) in [4.78, 5) is 47.4. The first-order valence-corrected chi connectivity index (χ1v) is 17.9. The summed E-state index contributed by atoms with van der Waals surface area (Å²) in [5.41, 5.74) is 1.29. The zero-order chi connectivity index (χ0) is 37.4. The van der Waals surface area contributed by atoms with Gasteiger partial charge < -0.3 is 25.8 Å². The number of carbonyl (C=O) groups is 3. The second-order valence-electron chi connectivity index (χ2n) is 14.9. The van der Waals surface area contributed by atoms with Crippen LogP contribution in [0.4, 0.5) is 4.39 Å². The molecule has 4 N–H and O–H groups in total. The smallest absolute Gasteiger partial charge is 0.270 e. The Morgan fingerprint density at radius 2 is 1.63 bits per heavy atom. The van der Waals surface area contributed by atoms with Gasteiger partial charge in [-0.05, 0) is 81.5 Å². The molecule has 2 heterocycles. The van der Waals surface area contributed by atoms with Gasteiger partial charge in [-0.15, -0.1) is 0 Å². The first-order valence-electron chi connectivity index (χ1n) is 17.9. The lowest BCUT2D eigenvalue weighted by molar-refractivity contribution is -0.132. The standard InChI is InChI=1S/C41H50FN5O5/c1-26(2)37(45-38(49)33-20-15-28-13-9-10-14-32(28)43-33)40(51)44-34(23-27-11-7-6-8-12-27)36(48)25-47-22-21-31(52-30-18-16-29(42)17-19-30)24-35(47)39(50)46-41(3,4)5/h6-20,26,31,34-37,48H,21-25H2,1-5H3,(H,44,51)(H,45,49)(H,46,50)/t31-,34+,35?,36-,37+/m1/s1. The number of aliphatic hydroxyl groups is 1. The lowest BCUT2D eigenvalue weighted by Crippen LogP contribution is -2.60. The van der Waals surface area contributed by atoms with Crippen LogP contribution in [-0.4, -0.2) is 81.7 Å². The van der Waals surface area contributed by atoms with Gasteiger partial charge in [0.05, 0.1) is 23.7 Å². The first kappa shape index (κ1) is 38.4. The predicted molar refractivity (Wildman–Crippen MR) is 199 cm³/mol. The largest absolute Gasteiger partial charge is 0.490 e. The molecule has 1 unspecified atom stereocenters. The maximum atomic E-state index is 14.0. The molecule has 1 aliphatic rings. The number of amides is 3. The fourth-order valence-electron chi connectivity index (χ4n) is 6.47. The Kier molecular flexibility index (Phi) is 12.6. The van der Waals surface area contributed by atoms with Crippen LogP contribution >= 0.6 is 0 Å². The minimum absolute atomic E-state index is 0.100. The zero-order valence-electron chi connectivity index (χ0n) is 30.5. The van der Waals surface area contributed by atoms with Gasteiger partial charge in [0, 0.05) is 30.4 Å². The Morgan fingerprint density at radius 1 is 0.942 bits per heavy atom. The molecule has 1 saturated heterocycles. The van der Waals surface area contributed by atoms with E-state index in [1.54, 1.807) is 18.2 Å². The minimum atomic E-state index is -1.07. The number of fused-ring (bicyclic) bond motifs is 1. The van der Waals surface area contributed by atoms with Crippen LogP contribution in [0.25, 0.3) is 10.9 Å². The Labute approximate surface area is 305 Å². The average Bonchev–Trinajstić information content (AvgIpc) is 3.11. The van der Waals surface area contributed by atoms with Gasteiger partial charge in [0.1, 0.15) is 29.4 Å². The Morgan fingerprint density at radius 3 is 2.33 bits per heavy atom. The van der Waals surface area contributed by atoms with Gasteiger partial charge in [-0.25, -0.2) is 9.37 Å². The van der Waals surface area contributed by atoms with Crippen LogP contribution in [0, 0.1) is 11.7 Å². The number of rotatable bonds is 13. The molecule has 5 rings (SSSR count). The molecule has 4 aromatic rings. The summed E-state index contributed by atoms with van der Waals surface area (Å²) in [5.74, 6) is -1.22. The van der Waals surface area contributed by atoms with Gasteiger partial charge in [0.2, 0.25) is 11.8 Å². The number of ether oxygens (including phenoxy) is 1. The Bertz CT molecular complexity index is 1810. The molecule has 3 aromatic carbocycles. The number of para-hydroxylation sites is 1. The van der Waals surface area contributed by atoms with Gasteiger partial charge in [0.15, 0.2) is 0 Å². The molecule has 1 aliphatic heterocycles. The van der Waals surface area contributed by atoms with E-state index in [2.05, 4.69) is 20.9 Å². The highest BCUT2D eigenvalue weighted by atomic mass is 19.1. The number of piperidine rings is 1. The molecule has 0 spiro atoms. The van der Waals surface area contributed by atoms with E-state index in [1.165, 1.54) is 12.1 Å². The fourth-order valence-corrected chi connectivity index (χ4v) is 6.47. The topological polar surface area (TPSA) is 133 Å². The van der Waals surface area contributed by atoms with Crippen LogP contribution in [0.5, 0.6) is 5.75 Å². The highest BCUT2D eigenvalue weighted by Crippen LogP contribution is 2.25. The monoisotopic (exact) mass is 711 g/mol. The van der Waals surface area contributed by atoms with E-state index in [-0.39, 0.29) is 36.0 Å². The lowest BCUT2D eigenvalue weighted by Gasteiger charge is -2.41. The molecular formula is C41H50FN5O5. The van der Waals surface area contributed by atoms with Crippen molar-refractivity contribution in [3.8, 4) is 5.75 Å². The third kappa shape index (κ3) is 10.6. The number of halogens is 1. The molecule has 276 valence electrons. The molecular weight excluding hydrogens is 661 g/mol.